The molecule has 6 heteroatoms. The fourth-order valence-corrected chi connectivity index (χ4v) is 2.06. The molecule has 0 aliphatic carbocycles. The molecule has 1 fully saturated rings. The number of nitrogens with zero attached hydrogens (tertiary/aromatic N) is 2. The van der Waals surface area contributed by atoms with E-state index in [1.165, 1.54) is 12.1 Å². The molecule has 0 atom stereocenters. The lowest BCUT2D eigenvalue weighted by Gasteiger charge is -2.35. The number of hydrogen-bond donors (Lipinski definition) is 0. The molecule has 0 spiro atoms. The van der Waals surface area contributed by atoms with Crippen molar-refractivity contribution in [3.05, 3.63) is 29.8 Å². The second-order valence-electron chi connectivity index (χ2n) is 4.14. The molecule has 0 radical (unpaired) electrons. The first-order chi connectivity index (χ1) is 8.52. The van der Waals surface area contributed by atoms with Gasteiger partial charge in [0, 0.05) is 31.9 Å². The van der Waals surface area contributed by atoms with Crippen molar-refractivity contribution >= 4 is 12.1 Å². The van der Waals surface area contributed by atoms with Crippen molar-refractivity contribution in [3.63, 3.8) is 0 Å². The molecule has 1 saturated heterocycles. The molecule has 18 heavy (non-hydrogen) atoms. The summed E-state index contributed by atoms with van der Waals surface area (Å²) in [6.45, 7) is 1.75. The third-order valence-corrected chi connectivity index (χ3v) is 3.01. The quantitative estimate of drug-likeness (QED) is 0.757. The molecule has 0 bridgehead atoms. The third kappa shape index (κ3) is 2.57. The molecule has 1 aromatic rings. The van der Waals surface area contributed by atoms with Gasteiger partial charge in [0.25, 0.3) is 0 Å². The van der Waals surface area contributed by atoms with Crippen LogP contribution in [0.3, 0.4) is 0 Å². The molecule has 1 aliphatic rings. The Labute approximate surface area is 103 Å². The molecule has 1 heterocycles. The van der Waals surface area contributed by atoms with Gasteiger partial charge >= 0.3 is 6.18 Å². The maximum absolute atomic E-state index is 12.9. The van der Waals surface area contributed by atoms with Gasteiger partial charge < -0.3 is 9.80 Å². The smallest absolute Gasteiger partial charge is 0.367 e. The molecular weight excluding hydrogens is 245 g/mol. The molecule has 3 nitrogen and oxygen atoms in total. The van der Waals surface area contributed by atoms with Crippen molar-refractivity contribution in [2.75, 3.05) is 31.1 Å². The largest absolute Gasteiger partial charge is 0.418 e. The first kappa shape index (κ1) is 12.7. The first-order valence-corrected chi connectivity index (χ1v) is 5.63. The summed E-state index contributed by atoms with van der Waals surface area (Å²) < 4.78 is 38.6. The predicted molar refractivity (Wildman–Crippen MR) is 61.3 cm³/mol. The number of carbonyl (C=O) groups excluding carboxylic acids is 1. The zero-order chi connectivity index (χ0) is 13.2. The Morgan fingerprint density at radius 1 is 1.06 bits per heavy atom. The van der Waals surface area contributed by atoms with Crippen LogP contribution in [0.5, 0.6) is 0 Å². The van der Waals surface area contributed by atoms with E-state index in [0.29, 0.717) is 26.2 Å². The molecule has 1 amide bonds. The molecule has 0 unspecified atom stereocenters. The van der Waals surface area contributed by atoms with Gasteiger partial charge in [-0.3, -0.25) is 4.79 Å². The number of benzene rings is 1. The minimum Gasteiger partial charge on any atom is -0.367 e. The Bertz CT molecular complexity index is 426. The molecular formula is C12H13F3N2O. The molecule has 98 valence electrons. The number of para-hydroxylation sites is 1. The summed E-state index contributed by atoms with van der Waals surface area (Å²) in [4.78, 5) is 13.8. The van der Waals surface area contributed by atoms with Crippen LogP contribution < -0.4 is 4.90 Å². The van der Waals surface area contributed by atoms with Crippen molar-refractivity contribution in [2.45, 2.75) is 6.18 Å². The minimum absolute atomic E-state index is 0.190. The summed E-state index contributed by atoms with van der Waals surface area (Å²) in [5.74, 6) is 0. The van der Waals surface area contributed by atoms with E-state index in [1.807, 2.05) is 0 Å². The minimum atomic E-state index is -4.35. The fraction of sp³-hybridized carbons (Fsp3) is 0.417. The number of rotatable bonds is 2. The summed E-state index contributed by atoms with van der Waals surface area (Å²) in [7, 11) is 0. The lowest BCUT2D eigenvalue weighted by molar-refractivity contribution is -0.137. The SMILES string of the molecule is O=CN1CCN(c2ccccc2C(F)(F)F)CC1. The van der Waals surface area contributed by atoms with Crippen LogP contribution in [0.2, 0.25) is 0 Å². The number of carbonyl (C=O) groups is 1. The average Bonchev–Trinajstić information content (AvgIpc) is 2.38. The van der Waals surface area contributed by atoms with Crippen molar-refractivity contribution in [1.29, 1.82) is 0 Å². The Kier molecular flexibility index (Phi) is 3.45. The number of amides is 1. The predicted octanol–water partition coefficient (Wildman–Crippen LogP) is 1.98. The number of anilines is 1. The van der Waals surface area contributed by atoms with E-state index in [-0.39, 0.29) is 5.69 Å². The number of alkyl halides is 3. The maximum atomic E-state index is 12.9. The lowest BCUT2D eigenvalue weighted by Crippen LogP contribution is -2.46. The number of hydrogen-bond acceptors (Lipinski definition) is 2. The molecule has 2 rings (SSSR count). The van der Waals surface area contributed by atoms with E-state index in [1.54, 1.807) is 15.9 Å². The topological polar surface area (TPSA) is 23.6 Å². The van der Waals surface area contributed by atoms with Crippen LogP contribution in [0, 0.1) is 0 Å². The van der Waals surface area contributed by atoms with Crippen molar-refractivity contribution < 1.29 is 18.0 Å². The van der Waals surface area contributed by atoms with Crippen LogP contribution in [0.25, 0.3) is 0 Å². The van der Waals surface area contributed by atoms with Gasteiger partial charge in [0.05, 0.1) is 5.56 Å². The van der Waals surface area contributed by atoms with Gasteiger partial charge in [0.1, 0.15) is 0 Å². The molecule has 1 aromatic carbocycles. The second-order valence-corrected chi connectivity index (χ2v) is 4.14. The highest BCUT2D eigenvalue weighted by atomic mass is 19.4. The third-order valence-electron chi connectivity index (χ3n) is 3.01. The average molecular weight is 258 g/mol. The Morgan fingerprint density at radius 3 is 2.22 bits per heavy atom. The highest BCUT2D eigenvalue weighted by molar-refractivity contribution is 5.56. The normalized spacial score (nSPS) is 16.8. The molecule has 1 aliphatic heterocycles. The van der Waals surface area contributed by atoms with Gasteiger partial charge in [-0.2, -0.15) is 13.2 Å². The van der Waals surface area contributed by atoms with Crippen LogP contribution in [0.4, 0.5) is 18.9 Å². The summed E-state index contributed by atoms with van der Waals surface area (Å²) >= 11 is 0. The van der Waals surface area contributed by atoms with Crippen LogP contribution in [-0.4, -0.2) is 37.5 Å². The highest BCUT2D eigenvalue weighted by Crippen LogP contribution is 2.36. The zero-order valence-electron chi connectivity index (χ0n) is 9.65. The Morgan fingerprint density at radius 2 is 1.67 bits per heavy atom. The van der Waals surface area contributed by atoms with Crippen molar-refractivity contribution in [1.82, 2.24) is 4.90 Å². The van der Waals surface area contributed by atoms with Gasteiger partial charge in [-0.25, -0.2) is 0 Å². The lowest BCUT2D eigenvalue weighted by atomic mass is 10.1. The van der Waals surface area contributed by atoms with Crippen molar-refractivity contribution in [2.24, 2.45) is 0 Å². The van der Waals surface area contributed by atoms with Crippen LogP contribution >= 0.6 is 0 Å². The number of piperazine rings is 1. The molecule has 0 N–H and O–H groups in total. The van der Waals surface area contributed by atoms with Crippen LogP contribution in [0.1, 0.15) is 5.56 Å². The maximum Gasteiger partial charge on any atom is 0.418 e. The summed E-state index contributed by atoms with van der Waals surface area (Å²) in [6, 6.07) is 5.53. The fourth-order valence-electron chi connectivity index (χ4n) is 2.06. The van der Waals surface area contributed by atoms with E-state index in [4.69, 9.17) is 0 Å². The van der Waals surface area contributed by atoms with Crippen LogP contribution in [0.15, 0.2) is 24.3 Å². The Balaban J connectivity index is 2.22. The summed E-state index contributed by atoms with van der Waals surface area (Å²) in [6.07, 6.45) is -3.62. The number of halogens is 3. The summed E-state index contributed by atoms with van der Waals surface area (Å²) in [5, 5.41) is 0. The van der Waals surface area contributed by atoms with E-state index in [9.17, 15) is 18.0 Å². The molecule has 0 saturated carbocycles. The highest BCUT2D eigenvalue weighted by Gasteiger charge is 2.35. The second kappa shape index (κ2) is 4.88. The first-order valence-electron chi connectivity index (χ1n) is 5.63. The Hall–Kier alpha value is -1.72. The van der Waals surface area contributed by atoms with Crippen molar-refractivity contribution in [3.8, 4) is 0 Å². The van der Waals surface area contributed by atoms with E-state index < -0.39 is 11.7 Å². The monoisotopic (exact) mass is 258 g/mol. The van der Waals surface area contributed by atoms with Gasteiger partial charge in [-0.1, -0.05) is 12.1 Å². The van der Waals surface area contributed by atoms with E-state index in [2.05, 4.69) is 0 Å². The zero-order valence-corrected chi connectivity index (χ0v) is 9.65. The van der Waals surface area contributed by atoms with E-state index >= 15 is 0 Å². The summed E-state index contributed by atoms with van der Waals surface area (Å²) in [5.41, 5.74) is -0.430. The standard InChI is InChI=1S/C12H13F3N2O/c13-12(14,15)10-3-1-2-4-11(10)17-7-5-16(9-18)6-8-17/h1-4,9H,5-8H2. The van der Waals surface area contributed by atoms with Gasteiger partial charge in [-0.15, -0.1) is 0 Å². The molecule has 0 aromatic heterocycles. The van der Waals surface area contributed by atoms with Gasteiger partial charge in [0.15, 0.2) is 0 Å². The van der Waals surface area contributed by atoms with Gasteiger partial charge in [0.2, 0.25) is 6.41 Å². The van der Waals surface area contributed by atoms with Gasteiger partial charge in [-0.05, 0) is 12.1 Å². The van der Waals surface area contributed by atoms with Crippen LogP contribution in [-0.2, 0) is 11.0 Å². The van der Waals surface area contributed by atoms with E-state index in [0.717, 1.165) is 12.5 Å².